The Morgan fingerprint density at radius 2 is 1.96 bits per heavy atom. The highest BCUT2D eigenvalue weighted by Gasteiger charge is 2.16. The number of nitrogens with zero attached hydrogens (tertiary/aromatic N) is 2. The first-order valence-corrected chi connectivity index (χ1v) is 8.52. The van der Waals surface area contributed by atoms with Gasteiger partial charge in [0.05, 0.1) is 16.9 Å². The smallest absolute Gasteiger partial charge is 0.277 e. The van der Waals surface area contributed by atoms with Gasteiger partial charge in [0.1, 0.15) is 11.6 Å². The first-order valence-electron chi connectivity index (χ1n) is 6.74. The van der Waals surface area contributed by atoms with Crippen molar-refractivity contribution in [2.75, 3.05) is 5.75 Å². The molecule has 0 fully saturated rings. The van der Waals surface area contributed by atoms with Crippen LogP contribution in [0.1, 0.15) is 10.4 Å². The number of hydrogen-bond acceptors (Lipinski definition) is 5. The molecule has 0 amide bonds. The number of carbonyl (C=O) groups is 1. The number of ketones is 1. The molecule has 1 aromatic heterocycles. The van der Waals surface area contributed by atoms with Crippen LogP contribution in [0.25, 0.3) is 11.5 Å². The molecule has 0 spiro atoms. The minimum absolute atomic E-state index is 0.141. The fraction of sp³-hybridized carbons (Fsp3) is 0.0625. The molecule has 0 saturated carbocycles. The molecule has 0 radical (unpaired) electrons. The molecule has 0 atom stereocenters. The van der Waals surface area contributed by atoms with Gasteiger partial charge in [-0.3, -0.25) is 4.79 Å². The molecule has 2 aromatic carbocycles. The molecular weight excluding hydrogens is 402 g/mol. The van der Waals surface area contributed by atoms with Crippen molar-refractivity contribution < 1.29 is 18.0 Å². The van der Waals surface area contributed by atoms with E-state index < -0.39 is 17.4 Å². The molecule has 0 aliphatic carbocycles. The molecular formula is C16H9BrF2N2O2S. The number of benzene rings is 2. The molecule has 0 aliphatic heterocycles. The van der Waals surface area contributed by atoms with Gasteiger partial charge in [0.2, 0.25) is 5.89 Å². The summed E-state index contributed by atoms with van der Waals surface area (Å²) < 4.78 is 33.0. The van der Waals surface area contributed by atoms with Crippen LogP contribution in [-0.2, 0) is 0 Å². The van der Waals surface area contributed by atoms with Gasteiger partial charge in [-0.1, -0.05) is 23.9 Å². The fourth-order valence-corrected chi connectivity index (χ4v) is 3.03. The maximum absolute atomic E-state index is 13.6. The number of aromatic nitrogens is 2. The summed E-state index contributed by atoms with van der Waals surface area (Å²) in [7, 11) is 0. The second kappa shape index (κ2) is 7.23. The lowest BCUT2D eigenvalue weighted by Crippen LogP contribution is -2.06. The third kappa shape index (κ3) is 3.70. The Morgan fingerprint density at radius 1 is 1.17 bits per heavy atom. The van der Waals surface area contributed by atoms with Crippen molar-refractivity contribution in [3.63, 3.8) is 0 Å². The second-order valence-electron chi connectivity index (χ2n) is 4.69. The monoisotopic (exact) mass is 410 g/mol. The van der Waals surface area contributed by atoms with Gasteiger partial charge < -0.3 is 4.42 Å². The summed E-state index contributed by atoms with van der Waals surface area (Å²) in [5.74, 6) is -1.83. The van der Waals surface area contributed by atoms with Crippen LogP contribution in [-0.4, -0.2) is 21.7 Å². The molecule has 4 nitrogen and oxygen atoms in total. The highest BCUT2D eigenvalue weighted by Crippen LogP contribution is 2.29. The maximum Gasteiger partial charge on any atom is 0.277 e. The Hall–Kier alpha value is -2.06. The Balaban J connectivity index is 1.71. The van der Waals surface area contributed by atoms with E-state index in [-0.39, 0.29) is 16.5 Å². The lowest BCUT2D eigenvalue weighted by Gasteiger charge is -2.01. The SMILES string of the molecule is O=C(CSc1nnc(-c2ccccc2Br)o1)c1cc(F)ccc1F. The molecule has 1 heterocycles. The van der Waals surface area contributed by atoms with Gasteiger partial charge in [0.15, 0.2) is 5.78 Å². The van der Waals surface area contributed by atoms with E-state index in [1.54, 1.807) is 6.07 Å². The first kappa shape index (κ1) is 16.8. The fourth-order valence-electron chi connectivity index (χ4n) is 1.93. The summed E-state index contributed by atoms with van der Waals surface area (Å²) in [4.78, 5) is 12.0. The van der Waals surface area contributed by atoms with E-state index in [2.05, 4.69) is 26.1 Å². The number of Topliss-reactive ketones (excluding diaryl/α,β-unsaturated/α-hetero) is 1. The van der Waals surface area contributed by atoms with E-state index in [0.29, 0.717) is 5.89 Å². The van der Waals surface area contributed by atoms with Crippen molar-refractivity contribution in [2.45, 2.75) is 5.22 Å². The molecule has 3 aromatic rings. The van der Waals surface area contributed by atoms with Gasteiger partial charge in [0.25, 0.3) is 5.22 Å². The van der Waals surface area contributed by atoms with Gasteiger partial charge in [-0.05, 0) is 46.3 Å². The van der Waals surface area contributed by atoms with Crippen LogP contribution in [0.15, 0.2) is 56.6 Å². The molecule has 0 bridgehead atoms. The molecule has 0 saturated heterocycles. The van der Waals surface area contributed by atoms with Crippen molar-refractivity contribution in [3.05, 3.63) is 64.1 Å². The largest absolute Gasteiger partial charge is 0.411 e. The second-order valence-corrected chi connectivity index (χ2v) is 6.47. The van der Waals surface area contributed by atoms with Crippen LogP contribution in [0.2, 0.25) is 0 Å². The summed E-state index contributed by atoms with van der Waals surface area (Å²) in [5.41, 5.74) is 0.424. The topological polar surface area (TPSA) is 56.0 Å². The maximum atomic E-state index is 13.6. The quantitative estimate of drug-likeness (QED) is 0.448. The summed E-state index contributed by atoms with van der Waals surface area (Å²) in [6.45, 7) is 0. The van der Waals surface area contributed by atoms with E-state index >= 15 is 0 Å². The molecule has 8 heteroatoms. The molecule has 24 heavy (non-hydrogen) atoms. The zero-order chi connectivity index (χ0) is 17.1. The lowest BCUT2D eigenvalue weighted by atomic mass is 10.1. The first-order chi connectivity index (χ1) is 11.5. The van der Waals surface area contributed by atoms with Crippen LogP contribution >= 0.6 is 27.7 Å². The van der Waals surface area contributed by atoms with Crippen LogP contribution in [0.3, 0.4) is 0 Å². The third-order valence-electron chi connectivity index (χ3n) is 3.07. The predicted molar refractivity (Wildman–Crippen MR) is 88.8 cm³/mol. The molecule has 0 unspecified atom stereocenters. The van der Waals surface area contributed by atoms with E-state index in [1.165, 1.54) is 0 Å². The normalized spacial score (nSPS) is 10.8. The average molecular weight is 411 g/mol. The van der Waals surface area contributed by atoms with Crippen LogP contribution < -0.4 is 0 Å². The van der Waals surface area contributed by atoms with Crippen molar-refractivity contribution in [2.24, 2.45) is 0 Å². The van der Waals surface area contributed by atoms with Gasteiger partial charge >= 0.3 is 0 Å². The Bertz CT molecular complexity index is 901. The third-order valence-corrected chi connectivity index (χ3v) is 4.58. The molecule has 122 valence electrons. The van der Waals surface area contributed by atoms with Crippen molar-refractivity contribution in [1.82, 2.24) is 10.2 Å². The van der Waals surface area contributed by atoms with Crippen molar-refractivity contribution >= 4 is 33.5 Å². The summed E-state index contributed by atoms with van der Waals surface area (Å²) in [5, 5.41) is 7.93. The van der Waals surface area contributed by atoms with Gasteiger partial charge in [-0.25, -0.2) is 8.78 Å². The summed E-state index contributed by atoms with van der Waals surface area (Å²) >= 11 is 4.35. The molecule has 3 rings (SSSR count). The van der Waals surface area contributed by atoms with Gasteiger partial charge in [-0.2, -0.15) is 0 Å². The minimum atomic E-state index is -0.763. The van der Waals surface area contributed by atoms with E-state index in [0.717, 1.165) is 40.0 Å². The highest BCUT2D eigenvalue weighted by atomic mass is 79.9. The van der Waals surface area contributed by atoms with E-state index in [1.807, 2.05) is 18.2 Å². The van der Waals surface area contributed by atoms with E-state index in [4.69, 9.17) is 4.42 Å². The van der Waals surface area contributed by atoms with E-state index in [9.17, 15) is 13.6 Å². The van der Waals surface area contributed by atoms with Crippen LogP contribution in [0, 0.1) is 11.6 Å². The Labute approximate surface area is 148 Å². The standard InChI is InChI=1S/C16H9BrF2N2O2S/c17-12-4-2-1-3-10(12)15-20-21-16(23-15)24-8-14(22)11-7-9(18)5-6-13(11)19/h1-7H,8H2. The minimum Gasteiger partial charge on any atom is -0.411 e. The molecule has 0 N–H and O–H groups in total. The predicted octanol–water partition coefficient (Wildman–Crippen LogP) is 4.75. The van der Waals surface area contributed by atoms with Gasteiger partial charge in [-0.15, -0.1) is 10.2 Å². The molecule has 0 aliphatic rings. The zero-order valence-corrected chi connectivity index (χ0v) is 14.4. The van der Waals surface area contributed by atoms with Crippen molar-refractivity contribution in [1.29, 1.82) is 0 Å². The van der Waals surface area contributed by atoms with Crippen LogP contribution in [0.4, 0.5) is 8.78 Å². The summed E-state index contributed by atoms with van der Waals surface area (Å²) in [6, 6.07) is 10.1. The number of hydrogen-bond donors (Lipinski definition) is 0. The number of thioether (sulfide) groups is 1. The summed E-state index contributed by atoms with van der Waals surface area (Å²) in [6.07, 6.45) is 0. The van der Waals surface area contributed by atoms with Crippen LogP contribution in [0.5, 0.6) is 0 Å². The number of halogens is 3. The highest BCUT2D eigenvalue weighted by molar-refractivity contribution is 9.10. The Morgan fingerprint density at radius 3 is 2.75 bits per heavy atom. The Kier molecular flexibility index (Phi) is 5.06. The number of rotatable bonds is 5. The lowest BCUT2D eigenvalue weighted by molar-refractivity contribution is 0.101. The zero-order valence-electron chi connectivity index (χ0n) is 12.0. The number of carbonyl (C=O) groups excluding carboxylic acids is 1. The average Bonchev–Trinajstić information content (AvgIpc) is 3.04. The van der Waals surface area contributed by atoms with Gasteiger partial charge in [0, 0.05) is 4.47 Å². The van der Waals surface area contributed by atoms with Crippen molar-refractivity contribution in [3.8, 4) is 11.5 Å².